The summed E-state index contributed by atoms with van der Waals surface area (Å²) in [6.45, 7) is 6.02. The van der Waals surface area contributed by atoms with E-state index in [1.165, 1.54) is 0 Å². The molecule has 0 aliphatic rings. The van der Waals surface area contributed by atoms with Crippen LogP contribution in [0.4, 0.5) is 0 Å². The van der Waals surface area contributed by atoms with E-state index < -0.39 is 23.8 Å². The molecule has 0 aliphatic heterocycles. The van der Waals surface area contributed by atoms with Gasteiger partial charge in [0.15, 0.2) is 0 Å². The number of benzene rings is 3. The SMILES string of the molecule is COc1cc(OCc2cccc(-c3ccccc3)c2C)cc(OC)c1CNCC(=O)NCC(=O)N[C@@H](CC(C)C)C(=O)O. The van der Waals surface area contributed by atoms with E-state index in [-0.39, 0.29) is 25.6 Å². The van der Waals surface area contributed by atoms with Gasteiger partial charge in [-0.3, -0.25) is 9.59 Å². The largest absolute Gasteiger partial charge is 0.496 e. The number of aliphatic carboxylic acids is 1. The van der Waals surface area contributed by atoms with Gasteiger partial charge in [0, 0.05) is 18.7 Å². The molecule has 0 heterocycles. The second-order valence-corrected chi connectivity index (χ2v) is 10.5. The molecule has 2 amide bonds. The summed E-state index contributed by atoms with van der Waals surface area (Å²) < 4.78 is 17.3. The molecule has 0 aliphatic carbocycles. The molecule has 0 bridgehead atoms. The van der Waals surface area contributed by atoms with Crippen molar-refractivity contribution in [2.75, 3.05) is 27.3 Å². The zero-order valence-electron chi connectivity index (χ0n) is 25.4. The van der Waals surface area contributed by atoms with Crippen molar-refractivity contribution in [3.05, 3.63) is 77.4 Å². The highest BCUT2D eigenvalue weighted by Crippen LogP contribution is 2.35. The monoisotopic (exact) mass is 591 g/mol. The van der Waals surface area contributed by atoms with Crippen LogP contribution in [0.2, 0.25) is 0 Å². The fourth-order valence-corrected chi connectivity index (χ4v) is 4.63. The summed E-state index contributed by atoms with van der Waals surface area (Å²) in [7, 11) is 3.09. The van der Waals surface area contributed by atoms with Gasteiger partial charge in [0.05, 0.1) is 32.9 Å². The Labute approximate surface area is 252 Å². The minimum Gasteiger partial charge on any atom is -0.496 e. The molecule has 0 saturated carbocycles. The zero-order chi connectivity index (χ0) is 31.4. The third-order valence-corrected chi connectivity index (χ3v) is 6.88. The summed E-state index contributed by atoms with van der Waals surface area (Å²) in [5.41, 5.74) is 5.19. The molecule has 0 spiro atoms. The molecule has 1 atom stereocenters. The minimum absolute atomic E-state index is 0.0801. The van der Waals surface area contributed by atoms with Gasteiger partial charge < -0.3 is 35.3 Å². The summed E-state index contributed by atoms with van der Waals surface area (Å²) in [6.07, 6.45) is 0.297. The van der Waals surface area contributed by atoms with Crippen molar-refractivity contribution in [3.8, 4) is 28.4 Å². The van der Waals surface area contributed by atoms with Gasteiger partial charge in [0.2, 0.25) is 11.8 Å². The van der Waals surface area contributed by atoms with E-state index in [9.17, 15) is 19.5 Å². The quantitative estimate of drug-likeness (QED) is 0.196. The number of hydrogen-bond donors (Lipinski definition) is 4. The Balaban J connectivity index is 1.57. The number of hydrogen-bond acceptors (Lipinski definition) is 7. The lowest BCUT2D eigenvalue weighted by molar-refractivity contribution is -0.142. The first-order chi connectivity index (χ1) is 20.6. The first-order valence-corrected chi connectivity index (χ1v) is 14.1. The molecular weight excluding hydrogens is 550 g/mol. The minimum atomic E-state index is -1.11. The highest BCUT2D eigenvalue weighted by molar-refractivity contribution is 5.88. The van der Waals surface area contributed by atoms with Crippen LogP contribution in [-0.2, 0) is 27.5 Å². The Hall–Kier alpha value is -4.57. The Kier molecular flexibility index (Phi) is 12.4. The fourth-order valence-electron chi connectivity index (χ4n) is 4.63. The van der Waals surface area contributed by atoms with Gasteiger partial charge in [-0.05, 0) is 41.5 Å². The van der Waals surface area contributed by atoms with Crippen LogP contribution in [0.5, 0.6) is 17.2 Å². The van der Waals surface area contributed by atoms with Crippen molar-refractivity contribution in [1.29, 1.82) is 0 Å². The van der Waals surface area contributed by atoms with Crippen LogP contribution in [0.15, 0.2) is 60.7 Å². The van der Waals surface area contributed by atoms with E-state index in [1.807, 2.05) is 44.2 Å². The predicted octanol–water partition coefficient (Wildman–Crippen LogP) is 4.08. The predicted molar refractivity (Wildman–Crippen MR) is 164 cm³/mol. The lowest BCUT2D eigenvalue weighted by Gasteiger charge is -2.18. The molecule has 0 saturated heterocycles. The summed E-state index contributed by atoms with van der Waals surface area (Å²) in [4.78, 5) is 35.8. The topological polar surface area (TPSA) is 135 Å². The van der Waals surface area contributed by atoms with Gasteiger partial charge in [0.25, 0.3) is 0 Å². The summed E-state index contributed by atoms with van der Waals surface area (Å²) >= 11 is 0. The normalized spacial score (nSPS) is 11.5. The average molecular weight is 592 g/mol. The highest BCUT2D eigenvalue weighted by atomic mass is 16.5. The molecule has 0 radical (unpaired) electrons. The molecule has 10 heteroatoms. The van der Waals surface area contributed by atoms with Gasteiger partial charge >= 0.3 is 5.97 Å². The molecule has 0 unspecified atom stereocenters. The van der Waals surface area contributed by atoms with Gasteiger partial charge in [0.1, 0.15) is 29.9 Å². The van der Waals surface area contributed by atoms with Crippen molar-refractivity contribution >= 4 is 17.8 Å². The number of carboxylic acids is 1. The molecule has 3 rings (SSSR count). The molecule has 4 N–H and O–H groups in total. The van der Waals surface area contributed by atoms with Gasteiger partial charge in [-0.25, -0.2) is 4.79 Å². The highest BCUT2D eigenvalue weighted by Gasteiger charge is 2.21. The van der Waals surface area contributed by atoms with Crippen LogP contribution >= 0.6 is 0 Å². The molecule has 0 aromatic heterocycles. The van der Waals surface area contributed by atoms with Gasteiger partial charge in [-0.1, -0.05) is 62.4 Å². The first kappa shape index (κ1) is 32.9. The van der Waals surface area contributed by atoms with Crippen LogP contribution in [0, 0.1) is 12.8 Å². The van der Waals surface area contributed by atoms with Crippen molar-refractivity contribution in [1.82, 2.24) is 16.0 Å². The number of methoxy groups -OCH3 is 2. The number of carbonyl (C=O) groups is 3. The summed E-state index contributed by atoms with van der Waals surface area (Å²) in [6, 6.07) is 18.9. The maximum absolute atomic E-state index is 12.3. The van der Waals surface area contributed by atoms with Crippen LogP contribution in [0.3, 0.4) is 0 Å². The summed E-state index contributed by atoms with van der Waals surface area (Å²) in [5.74, 6) is -0.373. The zero-order valence-corrected chi connectivity index (χ0v) is 25.4. The number of ether oxygens (including phenoxy) is 3. The molecule has 3 aromatic rings. The number of nitrogens with one attached hydrogen (secondary N) is 3. The Morgan fingerprint density at radius 2 is 1.56 bits per heavy atom. The van der Waals surface area contributed by atoms with Crippen LogP contribution in [0.25, 0.3) is 11.1 Å². The third kappa shape index (κ3) is 9.75. The maximum atomic E-state index is 12.3. The molecule has 230 valence electrons. The number of carbonyl (C=O) groups excluding carboxylic acids is 2. The smallest absolute Gasteiger partial charge is 0.326 e. The molecule has 0 fully saturated rings. The van der Waals surface area contributed by atoms with E-state index in [1.54, 1.807) is 26.4 Å². The van der Waals surface area contributed by atoms with E-state index in [0.717, 1.165) is 22.3 Å². The average Bonchev–Trinajstić information content (AvgIpc) is 2.99. The van der Waals surface area contributed by atoms with E-state index in [2.05, 4.69) is 41.1 Å². The Bertz CT molecular complexity index is 1370. The Morgan fingerprint density at radius 3 is 2.16 bits per heavy atom. The number of rotatable bonds is 16. The number of carboxylic acid groups (broad SMARTS) is 1. The van der Waals surface area contributed by atoms with E-state index in [0.29, 0.717) is 35.8 Å². The summed E-state index contributed by atoms with van der Waals surface area (Å²) in [5, 5.41) is 17.2. The Morgan fingerprint density at radius 1 is 0.884 bits per heavy atom. The van der Waals surface area contributed by atoms with E-state index in [4.69, 9.17) is 14.2 Å². The molecule has 3 aromatic carbocycles. The van der Waals surface area contributed by atoms with Crippen molar-refractivity contribution in [2.24, 2.45) is 5.92 Å². The molecule has 10 nitrogen and oxygen atoms in total. The van der Waals surface area contributed by atoms with Gasteiger partial charge in [-0.15, -0.1) is 0 Å². The van der Waals surface area contributed by atoms with Crippen molar-refractivity contribution in [2.45, 2.75) is 46.4 Å². The third-order valence-electron chi connectivity index (χ3n) is 6.88. The van der Waals surface area contributed by atoms with E-state index >= 15 is 0 Å². The van der Waals surface area contributed by atoms with Crippen LogP contribution in [-0.4, -0.2) is 56.2 Å². The van der Waals surface area contributed by atoms with Crippen LogP contribution in [0.1, 0.15) is 37.0 Å². The molecular formula is C33H41N3O7. The van der Waals surface area contributed by atoms with Gasteiger partial charge in [-0.2, -0.15) is 0 Å². The fraction of sp³-hybridized carbons (Fsp3) is 0.364. The second-order valence-electron chi connectivity index (χ2n) is 10.5. The number of amides is 2. The lowest BCUT2D eigenvalue weighted by Crippen LogP contribution is -2.47. The standard InChI is InChI=1S/C33H41N3O7/c1-21(2)14-28(33(39)40)36-32(38)19-35-31(37)18-34-17-27-29(41-4)15-25(16-30(27)42-5)43-20-24-12-9-13-26(22(24)3)23-10-7-6-8-11-23/h6-13,15-16,21,28,34H,14,17-20H2,1-5H3,(H,35,37)(H,36,38)(H,39,40)/t28-/m0/s1. The first-order valence-electron chi connectivity index (χ1n) is 14.1. The van der Waals surface area contributed by atoms with Crippen LogP contribution < -0.4 is 30.2 Å². The molecule has 43 heavy (non-hydrogen) atoms. The lowest BCUT2D eigenvalue weighted by atomic mass is 9.97. The maximum Gasteiger partial charge on any atom is 0.326 e. The van der Waals surface area contributed by atoms with Crippen molar-refractivity contribution in [3.63, 3.8) is 0 Å². The second kappa shape index (κ2) is 16.2. The van der Waals surface area contributed by atoms with Crippen molar-refractivity contribution < 1.29 is 33.7 Å².